The first-order valence-corrected chi connectivity index (χ1v) is 10.7. The van der Waals surface area contributed by atoms with Crippen molar-refractivity contribution in [1.29, 1.82) is 0 Å². The summed E-state index contributed by atoms with van der Waals surface area (Å²) in [7, 11) is 0. The molecule has 0 saturated carbocycles. The molecule has 2 amide bonds. The van der Waals surface area contributed by atoms with E-state index in [9.17, 15) is 22.8 Å². The number of nitrogens with zero attached hydrogens (tertiary/aromatic N) is 2. The lowest BCUT2D eigenvalue weighted by Gasteiger charge is -2.27. The van der Waals surface area contributed by atoms with Crippen LogP contribution in [-0.4, -0.2) is 41.2 Å². The Morgan fingerprint density at radius 1 is 0.971 bits per heavy atom. The molecule has 0 saturated heterocycles. The van der Waals surface area contributed by atoms with E-state index in [0.29, 0.717) is 18.7 Å². The Morgan fingerprint density at radius 3 is 2.38 bits per heavy atom. The molecule has 178 valence electrons. The van der Waals surface area contributed by atoms with Gasteiger partial charge in [0, 0.05) is 18.7 Å². The van der Waals surface area contributed by atoms with Gasteiger partial charge in [-0.2, -0.15) is 13.2 Å². The van der Waals surface area contributed by atoms with Gasteiger partial charge in [-0.1, -0.05) is 42.5 Å². The molecule has 8 heteroatoms. The third kappa shape index (κ3) is 6.84. The molecule has 1 aromatic heterocycles. The third-order valence-electron chi connectivity index (χ3n) is 5.19. The minimum atomic E-state index is -4.58. The van der Waals surface area contributed by atoms with Gasteiger partial charge in [-0.25, -0.2) is 0 Å². The van der Waals surface area contributed by atoms with Crippen molar-refractivity contribution in [3.8, 4) is 0 Å². The van der Waals surface area contributed by atoms with Gasteiger partial charge < -0.3 is 14.2 Å². The summed E-state index contributed by atoms with van der Waals surface area (Å²) in [6.45, 7) is 3.89. The number of halogens is 3. The van der Waals surface area contributed by atoms with E-state index < -0.39 is 17.6 Å². The number of carbonyl (C=O) groups excluding carboxylic acids is 2. The molecule has 34 heavy (non-hydrogen) atoms. The molecule has 0 aliphatic carbocycles. The summed E-state index contributed by atoms with van der Waals surface area (Å²) in [5.74, 6) is -0.448. The largest absolute Gasteiger partial charge is 0.467 e. The van der Waals surface area contributed by atoms with Crippen LogP contribution in [0.3, 0.4) is 0 Å². The highest BCUT2D eigenvalue weighted by Crippen LogP contribution is 2.29. The van der Waals surface area contributed by atoms with Crippen LogP contribution in [0.15, 0.2) is 90.1 Å². The summed E-state index contributed by atoms with van der Waals surface area (Å²) < 4.78 is 44.7. The van der Waals surface area contributed by atoms with Gasteiger partial charge >= 0.3 is 6.18 Å². The molecule has 0 spiro atoms. The lowest BCUT2D eigenvalue weighted by atomic mass is 10.1. The molecule has 0 radical (unpaired) electrons. The zero-order chi connectivity index (χ0) is 24.6. The van der Waals surface area contributed by atoms with Crippen LogP contribution in [0.2, 0.25) is 0 Å². The highest BCUT2D eigenvalue weighted by atomic mass is 19.4. The Hall–Kier alpha value is -3.81. The Bertz CT molecular complexity index is 1100. The van der Waals surface area contributed by atoms with E-state index in [2.05, 4.69) is 6.58 Å². The number of hydrogen-bond donors (Lipinski definition) is 0. The third-order valence-corrected chi connectivity index (χ3v) is 5.19. The van der Waals surface area contributed by atoms with E-state index in [4.69, 9.17) is 4.42 Å². The minimum absolute atomic E-state index is 0.00803. The molecule has 0 aliphatic heterocycles. The van der Waals surface area contributed by atoms with E-state index in [0.717, 1.165) is 17.7 Å². The van der Waals surface area contributed by atoms with Gasteiger partial charge in [0.25, 0.3) is 5.91 Å². The van der Waals surface area contributed by atoms with Crippen molar-refractivity contribution < 1.29 is 27.2 Å². The van der Waals surface area contributed by atoms with Crippen LogP contribution in [0.25, 0.3) is 0 Å². The van der Waals surface area contributed by atoms with Gasteiger partial charge in [-0.05, 0) is 42.3 Å². The molecule has 5 nitrogen and oxygen atoms in total. The SMILES string of the molecule is C=CCN(CC(=O)N(CCc1ccccc1)Cc1ccco1)C(=O)c1cccc(C(F)(F)F)c1. The Kier molecular flexibility index (Phi) is 8.29. The van der Waals surface area contributed by atoms with Crippen molar-refractivity contribution >= 4 is 11.8 Å². The number of rotatable bonds is 10. The van der Waals surface area contributed by atoms with E-state index in [1.807, 2.05) is 30.3 Å². The monoisotopic (exact) mass is 470 g/mol. The van der Waals surface area contributed by atoms with Crippen molar-refractivity contribution in [1.82, 2.24) is 9.80 Å². The fourth-order valence-corrected chi connectivity index (χ4v) is 3.44. The molecular weight excluding hydrogens is 445 g/mol. The predicted octanol–water partition coefficient (Wildman–Crippen LogP) is 5.20. The first-order chi connectivity index (χ1) is 16.3. The highest BCUT2D eigenvalue weighted by molar-refractivity contribution is 5.96. The Balaban J connectivity index is 1.77. The molecule has 0 bridgehead atoms. The van der Waals surface area contributed by atoms with Crippen LogP contribution in [0.1, 0.15) is 27.2 Å². The normalized spacial score (nSPS) is 11.1. The number of furan rings is 1. The van der Waals surface area contributed by atoms with Gasteiger partial charge in [-0.15, -0.1) is 6.58 Å². The van der Waals surface area contributed by atoms with Crippen molar-refractivity contribution in [2.75, 3.05) is 19.6 Å². The van der Waals surface area contributed by atoms with E-state index >= 15 is 0 Å². The van der Waals surface area contributed by atoms with Crippen LogP contribution in [0, 0.1) is 0 Å². The van der Waals surface area contributed by atoms with E-state index in [1.165, 1.54) is 29.4 Å². The summed E-state index contributed by atoms with van der Waals surface area (Å²) in [5, 5.41) is 0. The standard InChI is InChI=1S/C26H25F3N2O3/c1-2-14-31(25(33)21-10-6-11-22(17-21)26(27,28)29)19-24(32)30(18-23-12-7-16-34-23)15-13-20-8-4-3-5-9-20/h2-12,16-17H,1,13-15,18-19H2. The molecule has 2 aromatic carbocycles. The van der Waals surface area contributed by atoms with Crippen LogP contribution >= 0.6 is 0 Å². The number of alkyl halides is 3. The Labute approximate surface area is 196 Å². The van der Waals surface area contributed by atoms with Crippen LogP contribution < -0.4 is 0 Å². The van der Waals surface area contributed by atoms with Crippen molar-refractivity contribution in [3.63, 3.8) is 0 Å². The van der Waals surface area contributed by atoms with Gasteiger partial charge in [0.15, 0.2) is 0 Å². The second kappa shape index (κ2) is 11.4. The first-order valence-electron chi connectivity index (χ1n) is 10.7. The number of amides is 2. The average Bonchev–Trinajstić information content (AvgIpc) is 3.34. The summed E-state index contributed by atoms with van der Waals surface area (Å²) in [4.78, 5) is 29.0. The lowest BCUT2D eigenvalue weighted by molar-refractivity contribution is -0.137. The molecule has 3 aromatic rings. The molecule has 3 rings (SSSR count). The molecule has 1 heterocycles. The second-order valence-electron chi connectivity index (χ2n) is 7.68. The van der Waals surface area contributed by atoms with Crippen LogP contribution in [-0.2, 0) is 23.9 Å². The fraction of sp³-hybridized carbons (Fsp3) is 0.231. The van der Waals surface area contributed by atoms with Gasteiger partial charge in [0.1, 0.15) is 12.3 Å². The summed E-state index contributed by atoms with van der Waals surface area (Å²) >= 11 is 0. The zero-order valence-corrected chi connectivity index (χ0v) is 18.5. The summed E-state index contributed by atoms with van der Waals surface area (Å²) in [6, 6.07) is 17.3. The fourth-order valence-electron chi connectivity index (χ4n) is 3.44. The van der Waals surface area contributed by atoms with Gasteiger partial charge in [0.05, 0.1) is 18.4 Å². The first kappa shape index (κ1) is 24.8. The lowest BCUT2D eigenvalue weighted by Crippen LogP contribution is -2.43. The Morgan fingerprint density at radius 2 is 1.74 bits per heavy atom. The maximum absolute atomic E-state index is 13.2. The van der Waals surface area contributed by atoms with Crippen LogP contribution in [0.5, 0.6) is 0 Å². The summed E-state index contributed by atoms with van der Waals surface area (Å²) in [6.07, 6.45) is -1.04. The van der Waals surface area contributed by atoms with Crippen LogP contribution in [0.4, 0.5) is 13.2 Å². The molecule has 0 N–H and O–H groups in total. The van der Waals surface area contributed by atoms with E-state index in [1.54, 1.807) is 17.0 Å². The zero-order valence-electron chi connectivity index (χ0n) is 18.5. The topological polar surface area (TPSA) is 53.8 Å². The predicted molar refractivity (Wildman–Crippen MR) is 122 cm³/mol. The van der Waals surface area contributed by atoms with Crippen molar-refractivity contribution in [3.05, 3.63) is 108 Å². The maximum Gasteiger partial charge on any atom is 0.416 e. The number of benzene rings is 2. The highest BCUT2D eigenvalue weighted by Gasteiger charge is 2.31. The smallest absolute Gasteiger partial charge is 0.416 e. The molecule has 0 aliphatic rings. The summed E-state index contributed by atoms with van der Waals surface area (Å²) in [5.41, 5.74) is -0.0281. The molecule has 0 unspecified atom stereocenters. The quantitative estimate of drug-likeness (QED) is 0.383. The van der Waals surface area contributed by atoms with Gasteiger partial charge in [0.2, 0.25) is 5.91 Å². The average molecular weight is 470 g/mol. The minimum Gasteiger partial charge on any atom is -0.467 e. The number of hydrogen-bond acceptors (Lipinski definition) is 3. The van der Waals surface area contributed by atoms with E-state index in [-0.39, 0.29) is 31.1 Å². The molecule has 0 fully saturated rings. The second-order valence-corrected chi connectivity index (χ2v) is 7.68. The molecule has 0 atom stereocenters. The maximum atomic E-state index is 13.2. The van der Waals surface area contributed by atoms with Crippen molar-refractivity contribution in [2.24, 2.45) is 0 Å². The van der Waals surface area contributed by atoms with Crippen molar-refractivity contribution in [2.45, 2.75) is 19.1 Å². The number of carbonyl (C=O) groups is 2. The van der Waals surface area contributed by atoms with Gasteiger partial charge in [-0.3, -0.25) is 9.59 Å². The molecular formula is C26H25F3N2O3.